The lowest BCUT2D eigenvalue weighted by atomic mass is 10.3. The van der Waals surface area contributed by atoms with E-state index in [0.29, 0.717) is 18.4 Å². The first-order valence-electron chi connectivity index (χ1n) is 4.92. The minimum Gasteiger partial charge on any atom is -0.480 e. The molecule has 1 rings (SSSR count). The molecule has 0 bridgehead atoms. The quantitative estimate of drug-likeness (QED) is 0.492. The van der Waals surface area contributed by atoms with E-state index < -0.39 is 24.6 Å². The van der Waals surface area contributed by atoms with Crippen LogP contribution in [-0.2, 0) is 4.79 Å². The number of nitrogens with one attached hydrogen (secondary N) is 2. The van der Waals surface area contributed by atoms with E-state index in [0.717, 1.165) is 6.42 Å². The molecule has 1 saturated carbocycles. The van der Waals surface area contributed by atoms with Gasteiger partial charge in [0.25, 0.3) is 0 Å². The molecular weight excluding hydrogens is 200 g/mol. The monoisotopic (exact) mass is 216 g/mol. The maximum absolute atomic E-state index is 11.2. The van der Waals surface area contributed by atoms with Gasteiger partial charge in [-0.05, 0) is 18.3 Å². The molecule has 0 spiro atoms. The zero-order valence-corrected chi connectivity index (χ0v) is 8.56. The SMILES string of the molecule is CC1CC1CNC(=O)N[C@@H](CO)C(=O)O. The van der Waals surface area contributed by atoms with Crippen molar-refractivity contribution in [2.45, 2.75) is 19.4 Å². The molecule has 0 aromatic rings. The Balaban J connectivity index is 2.19. The van der Waals surface area contributed by atoms with Crippen LogP contribution in [-0.4, -0.2) is 41.4 Å². The largest absolute Gasteiger partial charge is 0.480 e. The molecule has 0 aromatic heterocycles. The van der Waals surface area contributed by atoms with Gasteiger partial charge in [0, 0.05) is 6.54 Å². The second-order valence-corrected chi connectivity index (χ2v) is 3.90. The number of aliphatic hydroxyl groups is 1. The van der Waals surface area contributed by atoms with Gasteiger partial charge in [0.05, 0.1) is 6.61 Å². The minimum atomic E-state index is -1.24. The predicted octanol–water partition coefficient (Wildman–Crippen LogP) is -0.613. The van der Waals surface area contributed by atoms with Crippen molar-refractivity contribution in [3.8, 4) is 0 Å². The van der Waals surface area contributed by atoms with E-state index in [2.05, 4.69) is 17.6 Å². The molecule has 4 N–H and O–H groups in total. The number of carbonyl (C=O) groups is 2. The first-order valence-corrected chi connectivity index (χ1v) is 4.92. The average molecular weight is 216 g/mol. The second kappa shape index (κ2) is 4.97. The highest BCUT2D eigenvalue weighted by Crippen LogP contribution is 2.36. The summed E-state index contributed by atoms with van der Waals surface area (Å²) in [5.74, 6) is -0.0981. The first-order chi connectivity index (χ1) is 7.04. The highest BCUT2D eigenvalue weighted by Gasteiger charge is 2.32. The molecule has 1 fully saturated rings. The van der Waals surface area contributed by atoms with Crippen molar-refractivity contribution >= 4 is 12.0 Å². The molecular formula is C9H16N2O4. The number of carbonyl (C=O) groups excluding carboxylic acids is 1. The number of hydrogen-bond donors (Lipinski definition) is 4. The molecule has 0 saturated heterocycles. The van der Waals surface area contributed by atoms with Crippen molar-refractivity contribution < 1.29 is 19.8 Å². The number of carboxylic acid groups (broad SMARTS) is 1. The van der Waals surface area contributed by atoms with Gasteiger partial charge < -0.3 is 20.8 Å². The first kappa shape index (κ1) is 11.8. The van der Waals surface area contributed by atoms with Gasteiger partial charge in [-0.1, -0.05) is 6.92 Å². The molecule has 1 aliphatic rings. The maximum atomic E-state index is 11.2. The van der Waals surface area contributed by atoms with Crippen molar-refractivity contribution in [3.05, 3.63) is 0 Å². The van der Waals surface area contributed by atoms with E-state index in [4.69, 9.17) is 10.2 Å². The third-order valence-corrected chi connectivity index (χ3v) is 2.59. The predicted molar refractivity (Wildman–Crippen MR) is 52.3 cm³/mol. The summed E-state index contributed by atoms with van der Waals surface area (Å²) < 4.78 is 0. The number of aliphatic carboxylic acids is 1. The van der Waals surface area contributed by atoms with Crippen LogP contribution in [0.4, 0.5) is 4.79 Å². The summed E-state index contributed by atoms with van der Waals surface area (Å²) >= 11 is 0. The maximum Gasteiger partial charge on any atom is 0.328 e. The minimum absolute atomic E-state index is 0.508. The summed E-state index contributed by atoms with van der Waals surface area (Å²) in [6, 6.07) is -1.78. The molecule has 0 radical (unpaired) electrons. The highest BCUT2D eigenvalue weighted by molar-refractivity contribution is 5.82. The lowest BCUT2D eigenvalue weighted by molar-refractivity contribution is -0.140. The Kier molecular flexibility index (Phi) is 3.90. The van der Waals surface area contributed by atoms with Crippen LogP contribution in [0.2, 0.25) is 0 Å². The molecule has 0 aromatic carbocycles. The fourth-order valence-electron chi connectivity index (χ4n) is 1.30. The van der Waals surface area contributed by atoms with E-state index in [1.165, 1.54) is 0 Å². The Hall–Kier alpha value is -1.30. The summed E-state index contributed by atoms with van der Waals surface area (Å²) in [6.07, 6.45) is 1.10. The molecule has 6 nitrogen and oxygen atoms in total. The van der Waals surface area contributed by atoms with Crippen LogP contribution in [0.1, 0.15) is 13.3 Å². The molecule has 0 heterocycles. The topological polar surface area (TPSA) is 98.7 Å². The van der Waals surface area contributed by atoms with Crippen LogP contribution < -0.4 is 10.6 Å². The Morgan fingerprint density at radius 1 is 1.53 bits per heavy atom. The van der Waals surface area contributed by atoms with Crippen molar-refractivity contribution in [3.63, 3.8) is 0 Å². The summed E-state index contributed by atoms with van der Waals surface area (Å²) in [7, 11) is 0. The van der Waals surface area contributed by atoms with Gasteiger partial charge in [-0.3, -0.25) is 0 Å². The third kappa shape index (κ3) is 3.75. The Morgan fingerprint density at radius 2 is 2.13 bits per heavy atom. The summed E-state index contributed by atoms with van der Waals surface area (Å²) in [4.78, 5) is 21.6. The van der Waals surface area contributed by atoms with E-state index in [9.17, 15) is 9.59 Å². The zero-order chi connectivity index (χ0) is 11.4. The van der Waals surface area contributed by atoms with Gasteiger partial charge in [-0.25, -0.2) is 9.59 Å². The molecule has 86 valence electrons. The fourth-order valence-corrected chi connectivity index (χ4v) is 1.30. The van der Waals surface area contributed by atoms with Gasteiger partial charge in [0.1, 0.15) is 0 Å². The summed E-state index contributed by atoms with van der Waals surface area (Å²) in [5, 5.41) is 21.9. The molecule has 15 heavy (non-hydrogen) atoms. The molecule has 3 atom stereocenters. The fraction of sp³-hybridized carbons (Fsp3) is 0.778. The standard InChI is InChI=1S/C9H16N2O4/c1-5-2-6(5)3-10-9(15)11-7(4-12)8(13)14/h5-7,12H,2-4H2,1H3,(H,13,14)(H2,10,11,15)/t5?,6?,7-/m0/s1. The van der Waals surface area contributed by atoms with E-state index in [-0.39, 0.29) is 0 Å². The molecule has 0 aliphatic heterocycles. The van der Waals surface area contributed by atoms with Crippen molar-refractivity contribution in [2.75, 3.05) is 13.2 Å². The van der Waals surface area contributed by atoms with Crippen molar-refractivity contribution in [1.82, 2.24) is 10.6 Å². The van der Waals surface area contributed by atoms with Crippen molar-refractivity contribution in [2.24, 2.45) is 11.8 Å². The number of aliphatic hydroxyl groups excluding tert-OH is 1. The lowest BCUT2D eigenvalue weighted by Crippen LogP contribution is -2.48. The van der Waals surface area contributed by atoms with Gasteiger partial charge in [-0.2, -0.15) is 0 Å². The van der Waals surface area contributed by atoms with Crippen LogP contribution in [0.5, 0.6) is 0 Å². The van der Waals surface area contributed by atoms with E-state index in [1.807, 2.05) is 0 Å². The summed E-state index contributed by atoms with van der Waals surface area (Å²) in [5.41, 5.74) is 0. The second-order valence-electron chi connectivity index (χ2n) is 3.90. The Labute approximate surface area is 87.7 Å². The van der Waals surface area contributed by atoms with Gasteiger partial charge in [0.2, 0.25) is 0 Å². The molecule has 1 aliphatic carbocycles. The Morgan fingerprint density at radius 3 is 2.53 bits per heavy atom. The van der Waals surface area contributed by atoms with Crippen LogP contribution in [0.3, 0.4) is 0 Å². The van der Waals surface area contributed by atoms with E-state index in [1.54, 1.807) is 0 Å². The Bertz CT molecular complexity index is 256. The molecule has 2 unspecified atom stereocenters. The summed E-state index contributed by atoms with van der Waals surface area (Å²) in [6.45, 7) is 2.05. The van der Waals surface area contributed by atoms with Gasteiger partial charge >= 0.3 is 12.0 Å². The number of hydrogen-bond acceptors (Lipinski definition) is 3. The van der Waals surface area contributed by atoms with E-state index >= 15 is 0 Å². The molecule has 6 heteroatoms. The highest BCUT2D eigenvalue weighted by atomic mass is 16.4. The van der Waals surface area contributed by atoms with Crippen LogP contribution in [0, 0.1) is 11.8 Å². The third-order valence-electron chi connectivity index (χ3n) is 2.59. The number of amides is 2. The number of urea groups is 1. The average Bonchev–Trinajstić information content (AvgIpc) is 2.87. The lowest BCUT2D eigenvalue weighted by Gasteiger charge is -2.12. The number of rotatable bonds is 5. The molecule has 2 amide bonds. The normalized spacial score (nSPS) is 25.5. The van der Waals surface area contributed by atoms with Crippen LogP contribution in [0.25, 0.3) is 0 Å². The van der Waals surface area contributed by atoms with Crippen LogP contribution >= 0.6 is 0 Å². The van der Waals surface area contributed by atoms with Crippen molar-refractivity contribution in [1.29, 1.82) is 0 Å². The van der Waals surface area contributed by atoms with Gasteiger partial charge in [0.15, 0.2) is 6.04 Å². The number of carboxylic acids is 1. The van der Waals surface area contributed by atoms with Gasteiger partial charge in [-0.15, -0.1) is 0 Å². The smallest absolute Gasteiger partial charge is 0.328 e. The zero-order valence-electron chi connectivity index (χ0n) is 8.56. The van der Waals surface area contributed by atoms with Crippen LogP contribution in [0.15, 0.2) is 0 Å².